The molecule has 0 aliphatic carbocycles. The number of para-hydroxylation sites is 2. The van der Waals surface area contributed by atoms with Crippen molar-refractivity contribution >= 4 is 110 Å². The molecule has 5 heterocycles. The molecular weight excluding hydrogens is 1320 g/mol. The van der Waals surface area contributed by atoms with Gasteiger partial charge in [0.05, 0.1) is 6.54 Å². The minimum Gasteiger partial charge on any atom is -0.508 e. The third-order valence-electron chi connectivity index (χ3n) is 18.2. The number of aromatic amines is 2. The number of phenolic OH excluding ortho intramolecular Hbond substituents is 1. The first-order chi connectivity index (χ1) is 48.3. The molecule has 3 saturated heterocycles. The smallest absolute Gasteiger partial charge is 0.252 e. The second kappa shape index (κ2) is 36.2. The lowest BCUT2D eigenvalue weighted by atomic mass is 9.98. The third kappa shape index (κ3) is 20.5. The molecule has 0 unspecified atom stereocenters. The Morgan fingerprint density at radius 2 is 1.13 bits per heavy atom. The van der Waals surface area contributed by atoms with E-state index in [9.17, 15) is 33.9 Å². The Balaban J connectivity index is 1.08. The van der Waals surface area contributed by atoms with E-state index in [1.54, 1.807) is 30.6 Å². The number of thioether (sulfide) groups is 1. The van der Waals surface area contributed by atoms with E-state index in [1.165, 1.54) is 40.6 Å². The Morgan fingerprint density at radius 3 is 1.73 bits per heavy atom. The SMILES string of the molecule is CSCC[C@H](NC(=O)CN)C(=O)N[C@@H](C)C(=O)N[C@@H](CCCN=C(N)N)C(=O)N[C@H](Cc1c[nH]c2ccccc12)C(=O)N[C@@H](CC(C)C)C(=O)N[C@@H](Cc1ccc(O)cc1)C(=O)N[C@@H](Cc1c[nH]c2ccccc12)C(=O)N1CCC[C@H]1C(=O)N1C(=O)[C@@H]2CCCN2C(=O)[C@@H]1CCCN=C(N)N. The second-order valence-corrected chi connectivity index (χ2v) is 27.1. The summed E-state index contributed by atoms with van der Waals surface area (Å²) in [6.45, 7) is 5.22. The lowest BCUT2D eigenvalue weighted by Gasteiger charge is -2.43. The summed E-state index contributed by atoms with van der Waals surface area (Å²) in [7, 11) is 0. The second-order valence-electron chi connectivity index (χ2n) is 26.1. The first-order valence-electron chi connectivity index (χ1n) is 34.1. The van der Waals surface area contributed by atoms with Crippen molar-refractivity contribution in [2.24, 2.45) is 44.6 Å². The first-order valence-corrected chi connectivity index (χ1v) is 35.5. The van der Waals surface area contributed by atoms with Crippen LogP contribution in [0.15, 0.2) is 95.2 Å². The quantitative estimate of drug-likeness (QED) is 0.0104. The molecule has 0 spiro atoms. The van der Waals surface area contributed by atoms with Gasteiger partial charge in [0.2, 0.25) is 53.2 Å². The van der Waals surface area contributed by atoms with Crippen LogP contribution in [-0.2, 0) is 72.0 Å². The Bertz CT molecular complexity index is 3850. The van der Waals surface area contributed by atoms with Gasteiger partial charge in [-0.05, 0) is 130 Å². The zero-order valence-corrected chi connectivity index (χ0v) is 58.2. The summed E-state index contributed by atoms with van der Waals surface area (Å²) in [4.78, 5) is 178. The van der Waals surface area contributed by atoms with Crippen molar-refractivity contribution < 1.29 is 57.8 Å². The normalized spacial score (nSPS) is 17.9. The number of carbonyl (C=O) groups excluding carboxylic acids is 11. The molecular formula is C69H95N19O12S. The minimum absolute atomic E-state index is 0.00687. The number of phenols is 1. The van der Waals surface area contributed by atoms with Crippen LogP contribution in [0.4, 0.5) is 0 Å². The van der Waals surface area contributed by atoms with Gasteiger partial charge in [-0.3, -0.25) is 67.6 Å². The predicted octanol–water partition coefficient (Wildman–Crippen LogP) is -0.619. The van der Waals surface area contributed by atoms with E-state index in [0.29, 0.717) is 53.6 Å². The summed E-state index contributed by atoms with van der Waals surface area (Å²) in [6, 6.07) is 7.82. The van der Waals surface area contributed by atoms with Crippen LogP contribution in [0.2, 0.25) is 0 Å². The number of nitrogens with one attached hydrogen (secondary N) is 9. The van der Waals surface area contributed by atoms with Crippen LogP contribution in [-0.4, -0.2) is 212 Å². The van der Waals surface area contributed by atoms with Gasteiger partial charge >= 0.3 is 0 Å². The summed E-state index contributed by atoms with van der Waals surface area (Å²) in [5, 5.41) is 31.1. The zero-order valence-electron chi connectivity index (χ0n) is 57.3. The van der Waals surface area contributed by atoms with Crippen molar-refractivity contribution in [3.05, 3.63) is 102 Å². The molecule has 3 aliphatic rings. The van der Waals surface area contributed by atoms with Crippen molar-refractivity contribution in [3.8, 4) is 5.75 Å². The highest BCUT2D eigenvalue weighted by Crippen LogP contribution is 2.33. The van der Waals surface area contributed by atoms with Crippen LogP contribution >= 0.6 is 11.8 Å². The Hall–Kier alpha value is -10.2. The van der Waals surface area contributed by atoms with Crippen LogP contribution in [0.3, 0.4) is 0 Å². The van der Waals surface area contributed by atoms with Gasteiger partial charge in [0.15, 0.2) is 11.9 Å². The summed E-state index contributed by atoms with van der Waals surface area (Å²) in [6.07, 6.45) is 6.73. The van der Waals surface area contributed by atoms with E-state index in [0.717, 1.165) is 21.3 Å². The minimum atomic E-state index is -1.50. The van der Waals surface area contributed by atoms with Gasteiger partial charge < -0.3 is 90.8 Å². The molecule has 0 radical (unpaired) electrons. The third-order valence-corrected chi connectivity index (χ3v) is 18.9. The number of imide groups is 1. The van der Waals surface area contributed by atoms with E-state index in [2.05, 4.69) is 57.2 Å². The fourth-order valence-electron chi connectivity index (χ4n) is 13.1. The molecule has 3 fully saturated rings. The van der Waals surface area contributed by atoms with Crippen LogP contribution in [0.1, 0.15) is 102 Å². The predicted molar refractivity (Wildman–Crippen MR) is 381 cm³/mol. The number of likely N-dealkylation sites (tertiary alicyclic amines) is 1. The van der Waals surface area contributed by atoms with Crippen molar-refractivity contribution in [2.75, 3.05) is 44.7 Å². The molecule has 2 aromatic heterocycles. The molecule has 32 heteroatoms. The lowest BCUT2D eigenvalue weighted by molar-refractivity contribution is -0.168. The number of nitrogens with two attached hydrogens (primary N) is 5. The molecule has 0 saturated carbocycles. The Kier molecular flexibility index (Phi) is 27.4. The Labute approximate surface area is 589 Å². The summed E-state index contributed by atoms with van der Waals surface area (Å²) >= 11 is 1.44. The highest BCUT2D eigenvalue weighted by Gasteiger charge is 2.53. The number of rotatable bonds is 35. The summed E-state index contributed by atoms with van der Waals surface area (Å²) in [5.74, 6) is -7.98. The van der Waals surface area contributed by atoms with Crippen LogP contribution < -0.4 is 65.9 Å². The number of aliphatic imine (C=N–C) groups is 2. The maximum atomic E-state index is 15.6. The van der Waals surface area contributed by atoms with Crippen LogP contribution in [0.5, 0.6) is 5.75 Å². The molecule has 5 aromatic rings. The molecule has 8 rings (SSSR count). The molecule has 10 atom stereocenters. The van der Waals surface area contributed by atoms with Crippen molar-refractivity contribution in [1.82, 2.24) is 61.9 Å². The number of H-pyrrole nitrogens is 2. The molecule has 20 N–H and O–H groups in total. The van der Waals surface area contributed by atoms with Crippen LogP contribution in [0, 0.1) is 5.92 Å². The van der Waals surface area contributed by atoms with Gasteiger partial charge in [0.25, 0.3) is 11.8 Å². The number of hydrogen-bond donors (Lipinski definition) is 15. The highest BCUT2D eigenvalue weighted by atomic mass is 32.2. The topological polar surface area (TPSA) is 488 Å². The molecule has 11 amide bonds. The molecule has 31 nitrogen and oxygen atoms in total. The monoisotopic (exact) mass is 1410 g/mol. The van der Waals surface area contributed by atoms with Gasteiger partial charge in [0, 0.05) is 79.6 Å². The summed E-state index contributed by atoms with van der Waals surface area (Å²) < 4.78 is 0. The number of aromatic nitrogens is 2. The van der Waals surface area contributed by atoms with Crippen molar-refractivity contribution in [1.29, 1.82) is 0 Å². The average molecular weight is 1410 g/mol. The van der Waals surface area contributed by atoms with E-state index in [-0.39, 0.29) is 120 Å². The average Bonchev–Trinajstić information content (AvgIpc) is 1.74. The number of piperazine rings is 1. The fourth-order valence-corrected chi connectivity index (χ4v) is 13.6. The maximum absolute atomic E-state index is 15.6. The van der Waals surface area contributed by atoms with Gasteiger partial charge in [0.1, 0.15) is 66.2 Å². The van der Waals surface area contributed by atoms with E-state index >= 15 is 24.0 Å². The largest absolute Gasteiger partial charge is 0.508 e. The Morgan fingerprint density at radius 1 is 0.604 bits per heavy atom. The van der Waals surface area contributed by atoms with E-state index < -0.39 is 119 Å². The fraction of sp³-hybridized carbons (Fsp3) is 0.493. The van der Waals surface area contributed by atoms with Crippen molar-refractivity contribution in [3.63, 3.8) is 0 Å². The number of hydrogen-bond acceptors (Lipinski definition) is 16. The van der Waals surface area contributed by atoms with Gasteiger partial charge in [-0.1, -0.05) is 62.4 Å². The summed E-state index contributed by atoms with van der Waals surface area (Å²) in [5.41, 5.74) is 31.0. The molecule has 0 bridgehead atoms. The van der Waals surface area contributed by atoms with Gasteiger partial charge in [-0.2, -0.15) is 11.8 Å². The number of benzene rings is 3. The zero-order chi connectivity index (χ0) is 73.0. The molecule has 3 aromatic carbocycles. The van der Waals surface area contributed by atoms with Gasteiger partial charge in [-0.15, -0.1) is 0 Å². The first kappa shape index (κ1) is 76.5. The van der Waals surface area contributed by atoms with E-state index in [1.807, 2.05) is 62.6 Å². The molecule has 544 valence electrons. The number of fused-ring (bicyclic) bond motifs is 3. The van der Waals surface area contributed by atoms with Crippen molar-refractivity contribution in [2.45, 2.75) is 165 Å². The molecule has 3 aliphatic heterocycles. The molecule has 101 heavy (non-hydrogen) atoms. The number of guanidine groups is 2. The number of amides is 11. The van der Waals surface area contributed by atoms with E-state index in [4.69, 9.17) is 28.7 Å². The number of nitrogens with zero attached hydrogens (tertiary/aromatic N) is 5. The maximum Gasteiger partial charge on any atom is 0.252 e. The van der Waals surface area contributed by atoms with Crippen LogP contribution in [0.25, 0.3) is 21.8 Å². The highest BCUT2D eigenvalue weighted by molar-refractivity contribution is 7.98. The number of carbonyl (C=O) groups is 11. The van der Waals surface area contributed by atoms with Gasteiger partial charge in [-0.25, -0.2) is 0 Å². The standard InChI is InChI=1S/C69H95N19O12S/c1-38(2)31-50(82-63(96)52(33-41-36-77-46-15-7-5-13-44(41)46)84-60(93)48(17-9-26-75-68(71)72)81-58(91)39(3)79-59(92)49(25-30-101-4)80-57(90)35-70)61(94)83-51(32-40-21-23-43(89)24-22-40)62(95)85-53(34-42-37-78-47-16-8-6-14-45(42)47)64(97)86-28-11-19-54(86)66(99)88-56(18-10-27-76-69(73)74)65(98)87-29-12-20-55(87)67(88)100/h5-8,13-16,21-24,36-39,48-56,77-78,89H,9-12,17-20,25-35,70H2,1-4H3,(H,79,92)(H,80,90)(H,81,91)(H,82,96)(H,83,94)(H,84,93)(H,85,95)(H4,71,72,75)(H4,73,74,76)/t39-,48-,49-,50-,51-,52+,53-,54-,55-,56-/m0/s1. The number of aromatic hydroxyl groups is 1. The lowest BCUT2D eigenvalue weighted by Crippen LogP contribution is -2.67.